The van der Waals surface area contributed by atoms with Crippen molar-refractivity contribution in [3.8, 4) is 0 Å². The fourth-order valence-corrected chi connectivity index (χ4v) is 1.24. The van der Waals surface area contributed by atoms with Crippen molar-refractivity contribution >= 4 is 5.91 Å². The summed E-state index contributed by atoms with van der Waals surface area (Å²) in [5.41, 5.74) is 0. The van der Waals surface area contributed by atoms with E-state index in [4.69, 9.17) is 9.47 Å². The van der Waals surface area contributed by atoms with Crippen LogP contribution in [0.15, 0.2) is 0 Å². The van der Waals surface area contributed by atoms with Crippen LogP contribution in [0.5, 0.6) is 0 Å². The van der Waals surface area contributed by atoms with E-state index in [0.29, 0.717) is 13.1 Å². The van der Waals surface area contributed by atoms with E-state index in [2.05, 4.69) is 10.6 Å². The Kier molecular flexibility index (Phi) is 3.46. The van der Waals surface area contributed by atoms with Gasteiger partial charge in [-0.25, -0.2) is 0 Å². The average molecular weight is 174 g/mol. The molecule has 0 aliphatic carbocycles. The molecule has 70 valence electrons. The molecule has 1 saturated heterocycles. The van der Waals surface area contributed by atoms with Crippen molar-refractivity contribution < 1.29 is 14.3 Å². The predicted molar refractivity (Wildman–Crippen MR) is 42.6 cm³/mol. The Bertz CT molecular complexity index is 159. The molecule has 0 spiro atoms. The fourth-order valence-electron chi connectivity index (χ4n) is 1.24. The van der Waals surface area contributed by atoms with Gasteiger partial charge in [0.15, 0.2) is 6.29 Å². The molecule has 12 heavy (non-hydrogen) atoms. The molecule has 1 heterocycles. The number of carbonyl (C=O) groups excluding carboxylic acids is 1. The second-order valence-electron chi connectivity index (χ2n) is 2.64. The van der Waals surface area contributed by atoms with Crippen LogP contribution in [0.2, 0.25) is 0 Å². The van der Waals surface area contributed by atoms with E-state index in [1.807, 2.05) is 0 Å². The van der Waals surface area contributed by atoms with E-state index >= 15 is 0 Å². The van der Waals surface area contributed by atoms with Crippen molar-refractivity contribution in [3.05, 3.63) is 0 Å². The normalized spacial score (nSPS) is 24.2. The summed E-state index contributed by atoms with van der Waals surface area (Å²) in [7, 11) is 3.10. The van der Waals surface area contributed by atoms with Crippen molar-refractivity contribution in [1.82, 2.24) is 10.6 Å². The first-order chi connectivity index (χ1) is 5.77. The molecule has 0 saturated carbocycles. The minimum absolute atomic E-state index is 0.0228. The highest BCUT2D eigenvalue weighted by molar-refractivity contribution is 5.79. The van der Waals surface area contributed by atoms with Crippen molar-refractivity contribution in [3.63, 3.8) is 0 Å². The molecule has 1 aliphatic rings. The molecule has 0 aromatic rings. The standard InChI is InChI=1S/C7H14N2O3/c1-11-7(12-2)5-3-8-4-6(10)9-5/h5,7-8H,3-4H2,1-2H3,(H,9,10). The molecule has 5 nitrogen and oxygen atoms in total. The third-order valence-electron chi connectivity index (χ3n) is 1.79. The minimum atomic E-state index is -0.373. The topological polar surface area (TPSA) is 59.6 Å². The molecule has 1 aliphatic heterocycles. The maximum atomic E-state index is 10.9. The summed E-state index contributed by atoms with van der Waals surface area (Å²) in [5, 5.41) is 5.73. The molecule has 1 amide bonds. The third-order valence-corrected chi connectivity index (χ3v) is 1.79. The molecule has 1 fully saturated rings. The van der Waals surface area contributed by atoms with Crippen LogP contribution in [0.3, 0.4) is 0 Å². The van der Waals surface area contributed by atoms with E-state index in [1.54, 1.807) is 14.2 Å². The quantitative estimate of drug-likeness (QED) is 0.522. The van der Waals surface area contributed by atoms with Gasteiger partial charge in [-0.3, -0.25) is 4.79 Å². The number of nitrogens with one attached hydrogen (secondary N) is 2. The van der Waals surface area contributed by atoms with Crippen LogP contribution in [-0.4, -0.2) is 45.5 Å². The Morgan fingerprint density at radius 2 is 2.17 bits per heavy atom. The maximum Gasteiger partial charge on any atom is 0.234 e. The maximum absolute atomic E-state index is 10.9. The highest BCUT2D eigenvalue weighted by Gasteiger charge is 2.25. The zero-order valence-electron chi connectivity index (χ0n) is 7.29. The smallest absolute Gasteiger partial charge is 0.234 e. The first kappa shape index (κ1) is 9.44. The number of hydrogen-bond donors (Lipinski definition) is 2. The lowest BCUT2D eigenvalue weighted by molar-refractivity contribution is -0.140. The number of carbonyl (C=O) groups is 1. The van der Waals surface area contributed by atoms with Crippen LogP contribution in [0.1, 0.15) is 0 Å². The largest absolute Gasteiger partial charge is 0.354 e. The SMILES string of the molecule is COC(OC)C1CNCC(=O)N1. The van der Waals surface area contributed by atoms with Crippen molar-refractivity contribution in [2.75, 3.05) is 27.3 Å². The lowest BCUT2D eigenvalue weighted by Crippen LogP contribution is -2.57. The first-order valence-corrected chi connectivity index (χ1v) is 3.83. The molecule has 0 aromatic carbocycles. The predicted octanol–water partition coefficient (Wildman–Crippen LogP) is -1.31. The number of ether oxygens (including phenoxy) is 2. The number of methoxy groups -OCH3 is 2. The van der Waals surface area contributed by atoms with Gasteiger partial charge in [-0.1, -0.05) is 0 Å². The Morgan fingerprint density at radius 3 is 2.67 bits per heavy atom. The van der Waals surface area contributed by atoms with Crippen LogP contribution in [0.4, 0.5) is 0 Å². The fraction of sp³-hybridized carbons (Fsp3) is 0.857. The molecule has 1 unspecified atom stereocenters. The summed E-state index contributed by atoms with van der Waals surface area (Å²) in [6, 6.07) is -0.0961. The van der Waals surface area contributed by atoms with Gasteiger partial charge in [0.2, 0.25) is 5.91 Å². The summed E-state index contributed by atoms with van der Waals surface area (Å²) in [6.45, 7) is 1.05. The van der Waals surface area contributed by atoms with E-state index < -0.39 is 0 Å². The second kappa shape index (κ2) is 4.39. The Balaban J connectivity index is 2.43. The van der Waals surface area contributed by atoms with Gasteiger partial charge in [-0.15, -0.1) is 0 Å². The van der Waals surface area contributed by atoms with Gasteiger partial charge in [0, 0.05) is 20.8 Å². The highest BCUT2D eigenvalue weighted by atomic mass is 16.7. The Hall–Kier alpha value is -0.650. The van der Waals surface area contributed by atoms with E-state index in [-0.39, 0.29) is 18.2 Å². The zero-order chi connectivity index (χ0) is 8.97. The van der Waals surface area contributed by atoms with Crippen molar-refractivity contribution in [2.45, 2.75) is 12.3 Å². The molecular weight excluding hydrogens is 160 g/mol. The summed E-state index contributed by atoms with van der Waals surface area (Å²) >= 11 is 0. The first-order valence-electron chi connectivity index (χ1n) is 3.83. The Labute approximate surface area is 71.4 Å². The summed E-state index contributed by atoms with van der Waals surface area (Å²) < 4.78 is 10.0. The average Bonchev–Trinajstić information content (AvgIpc) is 2.07. The minimum Gasteiger partial charge on any atom is -0.354 e. The van der Waals surface area contributed by atoms with Gasteiger partial charge in [0.1, 0.15) is 0 Å². The van der Waals surface area contributed by atoms with Gasteiger partial charge in [0.25, 0.3) is 0 Å². The molecule has 1 rings (SSSR count). The van der Waals surface area contributed by atoms with Gasteiger partial charge >= 0.3 is 0 Å². The van der Waals surface area contributed by atoms with Crippen LogP contribution in [-0.2, 0) is 14.3 Å². The van der Waals surface area contributed by atoms with Crippen LogP contribution >= 0.6 is 0 Å². The van der Waals surface area contributed by atoms with Gasteiger partial charge in [0.05, 0.1) is 12.6 Å². The summed E-state index contributed by atoms with van der Waals surface area (Å²) in [5.74, 6) is -0.0228. The molecule has 0 aromatic heterocycles. The third kappa shape index (κ3) is 2.17. The number of hydrogen-bond acceptors (Lipinski definition) is 4. The van der Waals surface area contributed by atoms with Crippen LogP contribution < -0.4 is 10.6 Å². The molecular formula is C7H14N2O3. The zero-order valence-corrected chi connectivity index (χ0v) is 7.29. The lowest BCUT2D eigenvalue weighted by atomic mass is 10.2. The Morgan fingerprint density at radius 1 is 1.50 bits per heavy atom. The van der Waals surface area contributed by atoms with E-state index in [1.165, 1.54) is 0 Å². The van der Waals surface area contributed by atoms with E-state index in [0.717, 1.165) is 0 Å². The summed E-state index contributed by atoms with van der Waals surface area (Å²) in [6.07, 6.45) is -0.373. The van der Waals surface area contributed by atoms with Crippen molar-refractivity contribution in [1.29, 1.82) is 0 Å². The summed E-state index contributed by atoms with van der Waals surface area (Å²) in [4.78, 5) is 10.9. The van der Waals surface area contributed by atoms with Gasteiger partial charge in [-0.05, 0) is 0 Å². The highest BCUT2D eigenvalue weighted by Crippen LogP contribution is 2.00. The van der Waals surface area contributed by atoms with Crippen molar-refractivity contribution in [2.24, 2.45) is 0 Å². The molecule has 2 N–H and O–H groups in total. The molecule has 0 radical (unpaired) electrons. The second-order valence-corrected chi connectivity index (χ2v) is 2.64. The molecule has 1 atom stereocenters. The van der Waals surface area contributed by atoms with Crippen LogP contribution in [0, 0.1) is 0 Å². The van der Waals surface area contributed by atoms with E-state index in [9.17, 15) is 4.79 Å². The lowest BCUT2D eigenvalue weighted by Gasteiger charge is -2.29. The van der Waals surface area contributed by atoms with Gasteiger partial charge < -0.3 is 20.1 Å². The number of amides is 1. The van der Waals surface area contributed by atoms with Crippen LogP contribution in [0.25, 0.3) is 0 Å². The molecule has 0 bridgehead atoms. The number of piperazine rings is 1. The monoisotopic (exact) mass is 174 g/mol. The molecule has 5 heteroatoms. The number of rotatable bonds is 3. The van der Waals surface area contributed by atoms with Gasteiger partial charge in [-0.2, -0.15) is 0 Å².